The topological polar surface area (TPSA) is 321 Å². The molecule has 46 heavy (non-hydrogen) atoms. The van der Waals surface area contributed by atoms with E-state index in [2.05, 4.69) is 21.3 Å². The fourth-order valence-electron chi connectivity index (χ4n) is 4.55. The molecule has 0 bridgehead atoms. The van der Waals surface area contributed by atoms with Crippen LogP contribution in [-0.4, -0.2) is 102 Å². The van der Waals surface area contributed by atoms with Crippen LogP contribution in [0.1, 0.15) is 89.9 Å². The van der Waals surface area contributed by atoms with Crippen LogP contribution in [-0.2, 0) is 28.8 Å². The van der Waals surface area contributed by atoms with Gasteiger partial charge in [-0.2, -0.15) is 0 Å². The zero-order chi connectivity index (χ0) is 34.9. The quantitative estimate of drug-likeness (QED) is 0.0395. The molecular formula is C29H57N9O8. The predicted molar refractivity (Wildman–Crippen MR) is 172 cm³/mol. The van der Waals surface area contributed by atoms with Gasteiger partial charge in [0.1, 0.15) is 24.2 Å². The van der Waals surface area contributed by atoms with E-state index in [1.807, 2.05) is 0 Å². The molecule has 0 fully saturated rings. The standard InChI is InChI=1S/C29H57N9O8/c30-15-5-1-9-19(34)25(41)35-20(10-2-6-16-31)26(42)37-22(13-14-24(39)40)28(44)36-21(11-3-7-17-32)27(43)38-23(29(45)46)12-4-8-18-33/h19-23H,1-18,30-34H2,(H,35,41)(H,36,44)(H,37,42)(H,38,43)(H,39,40)(H,45,46). The Balaban J connectivity index is 5.91. The van der Waals surface area contributed by atoms with E-state index in [9.17, 15) is 39.0 Å². The third-order valence-corrected chi connectivity index (χ3v) is 7.31. The van der Waals surface area contributed by atoms with Gasteiger partial charge in [-0.1, -0.05) is 6.42 Å². The second-order valence-corrected chi connectivity index (χ2v) is 11.3. The smallest absolute Gasteiger partial charge is 0.326 e. The van der Waals surface area contributed by atoms with Crippen LogP contribution in [0.25, 0.3) is 0 Å². The SMILES string of the molecule is NCCCCC(N)C(=O)NC(CCCCN)C(=O)NC(CCC(=O)O)C(=O)NC(CCCCN)C(=O)NC(CCCCN)C(=O)O. The summed E-state index contributed by atoms with van der Waals surface area (Å²) in [6.45, 7) is 1.49. The molecule has 0 rings (SSSR count). The zero-order valence-electron chi connectivity index (χ0n) is 26.8. The molecule has 17 heteroatoms. The van der Waals surface area contributed by atoms with Crippen LogP contribution in [0, 0.1) is 0 Å². The molecule has 0 radical (unpaired) electrons. The lowest BCUT2D eigenvalue weighted by Gasteiger charge is -2.26. The minimum Gasteiger partial charge on any atom is -0.481 e. The van der Waals surface area contributed by atoms with E-state index in [4.69, 9.17) is 28.7 Å². The van der Waals surface area contributed by atoms with Crippen LogP contribution < -0.4 is 49.9 Å². The van der Waals surface area contributed by atoms with Crippen molar-refractivity contribution in [3.63, 3.8) is 0 Å². The Labute approximate surface area is 270 Å². The van der Waals surface area contributed by atoms with E-state index in [0.717, 1.165) is 0 Å². The molecule has 0 saturated carbocycles. The highest BCUT2D eigenvalue weighted by Gasteiger charge is 2.31. The van der Waals surface area contributed by atoms with E-state index in [1.165, 1.54) is 0 Å². The lowest BCUT2D eigenvalue weighted by Crippen LogP contribution is -2.58. The van der Waals surface area contributed by atoms with Gasteiger partial charge in [0.25, 0.3) is 0 Å². The maximum Gasteiger partial charge on any atom is 0.326 e. The molecule has 0 aliphatic carbocycles. The number of carboxylic acid groups (broad SMARTS) is 2. The number of hydrogen-bond acceptors (Lipinski definition) is 11. The van der Waals surface area contributed by atoms with E-state index < -0.39 is 72.2 Å². The van der Waals surface area contributed by atoms with E-state index in [0.29, 0.717) is 84.0 Å². The molecule has 16 N–H and O–H groups in total. The molecule has 17 nitrogen and oxygen atoms in total. The monoisotopic (exact) mass is 659 g/mol. The largest absolute Gasteiger partial charge is 0.481 e. The molecule has 0 aliphatic rings. The Morgan fingerprint density at radius 1 is 0.457 bits per heavy atom. The Hall–Kier alpha value is -3.38. The number of carboxylic acids is 2. The maximum absolute atomic E-state index is 13.4. The van der Waals surface area contributed by atoms with Gasteiger partial charge in [0.05, 0.1) is 6.04 Å². The fraction of sp³-hybridized carbons (Fsp3) is 0.793. The Bertz CT molecular complexity index is 940. The minimum atomic E-state index is -1.39. The van der Waals surface area contributed by atoms with Gasteiger partial charge < -0.3 is 60.1 Å². The molecule has 4 amide bonds. The summed E-state index contributed by atoms with van der Waals surface area (Å²) in [5.74, 6) is -5.35. The van der Waals surface area contributed by atoms with Gasteiger partial charge >= 0.3 is 11.9 Å². The van der Waals surface area contributed by atoms with Crippen molar-refractivity contribution < 1.29 is 39.0 Å². The fourth-order valence-corrected chi connectivity index (χ4v) is 4.55. The molecule has 0 heterocycles. The highest BCUT2D eigenvalue weighted by Crippen LogP contribution is 2.09. The first-order chi connectivity index (χ1) is 21.9. The first kappa shape index (κ1) is 42.6. The molecule has 0 aromatic heterocycles. The number of nitrogens with one attached hydrogen (secondary N) is 4. The second kappa shape index (κ2) is 25.8. The van der Waals surface area contributed by atoms with E-state index in [-0.39, 0.29) is 25.7 Å². The van der Waals surface area contributed by atoms with Crippen molar-refractivity contribution in [2.45, 2.75) is 120 Å². The van der Waals surface area contributed by atoms with Crippen LogP contribution in [0.3, 0.4) is 0 Å². The summed E-state index contributed by atoms with van der Waals surface area (Å²) in [6.07, 6.45) is 4.29. The summed E-state index contributed by atoms with van der Waals surface area (Å²) >= 11 is 0. The molecule has 5 unspecified atom stereocenters. The molecule has 0 saturated heterocycles. The molecule has 0 spiro atoms. The normalized spacial score (nSPS) is 14.3. The predicted octanol–water partition coefficient (Wildman–Crippen LogP) is -2.28. The van der Waals surface area contributed by atoms with Gasteiger partial charge in [0.2, 0.25) is 23.6 Å². The third kappa shape index (κ3) is 19.2. The first-order valence-electron chi connectivity index (χ1n) is 16.1. The Kier molecular flexibility index (Phi) is 23.9. The summed E-state index contributed by atoms with van der Waals surface area (Å²) in [5.41, 5.74) is 28.1. The highest BCUT2D eigenvalue weighted by molar-refractivity contribution is 5.95. The van der Waals surface area contributed by atoms with Crippen LogP contribution in [0.15, 0.2) is 0 Å². The summed E-state index contributed by atoms with van der Waals surface area (Å²) in [4.78, 5) is 75.9. The van der Waals surface area contributed by atoms with Gasteiger partial charge in [0.15, 0.2) is 0 Å². The number of hydrogen-bond donors (Lipinski definition) is 11. The van der Waals surface area contributed by atoms with Crippen molar-refractivity contribution in [3.8, 4) is 0 Å². The number of nitrogens with two attached hydrogens (primary N) is 5. The average Bonchev–Trinajstić information content (AvgIpc) is 3.01. The summed E-state index contributed by atoms with van der Waals surface area (Å²) in [7, 11) is 0. The summed E-state index contributed by atoms with van der Waals surface area (Å²) in [5, 5.41) is 29.0. The maximum atomic E-state index is 13.4. The van der Waals surface area contributed by atoms with Crippen molar-refractivity contribution in [3.05, 3.63) is 0 Å². The number of carbonyl (C=O) groups is 6. The van der Waals surface area contributed by atoms with E-state index in [1.54, 1.807) is 0 Å². The Morgan fingerprint density at radius 3 is 1.15 bits per heavy atom. The number of amides is 4. The summed E-state index contributed by atoms with van der Waals surface area (Å²) < 4.78 is 0. The van der Waals surface area contributed by atoms with E-state index >= 15 is 0 Å². The van der Waals surface area contributed by atoms with Crippen molar-refractivity contribution in [1.82, 2.24) is 21.3 Å². The van der Waals surface area contributed by atoms with Crippen LogP contribution in [0.5, 0.6) is 0 Å². The van der Waals surface area contributed by atoms with Gasteiger partial charge in [-0.3, -0.25) is 24.0 Å². The van der Waals surface area contributed by atoms with Crippen LogP contribution in [0.2, 0.25) is 0 Å². The molecule has 0 aromatic rings. The van der Waals surface area contributed by atoms with Crippen molar-refractivity contribution in [1.29, 1.82) is 0 Å². The Morgan fingerprint density at radius 2 is 0.783 bits per heavy atom. The highest BCUT2D eigenvalue weighted by atomic mass is 16.4. The summed E-state index contributed by atoms with van der Waals surface area (Å²) in [6, 6.07) is -5.77. The number of carbonyl (C=O) groups excluding carboxylic acids is 4. The zero-order valence-corrected chi connectivity index (χ0v) is 26.8. The molecule has 5 atom stereocenters. The van der Waals surface area contributed by atoms with Gasteiger partial charge in [-0.25, -0.2) is 4.79 Å². The van der Waals surface area contributed by atoms with Crippen molar-refractivity contribution >= 4 is 35.6 Å². The first-order valence-corrected chi connectivity index (χ1v) is 16.1. The van der Waals surface area contributed by atoms with Gasteiger partial charge in [0, 0.05) is 6.42 Å². The third-order valence-electron chi connectivity index (χ3n) is 7.31. The molecule has 266 valence electrons. The number of aliphatic carboxylic acids is 2. The van der Waals surface area contributed by atoms with Gasteiger partial charge in [-0.15, -0.1) is 0 Å². The second-order valence-electron chi connectivity index (χ2n) is 11.3. The molecule has 0 aliphatic heterocycles. The minimum absolute atomic E-state index is 0.114. The van der Waals surface area contributed by atoms with Gasteiger partial charge in [-0.05, 0) is 103 Å². The molecule has 0 aromatic carbocycles. The lowest BCUT2D eigenvalue weighted by molar-refractivity contribution is -0.142. The average molecular weight is 660 g/mol. The van der Waals surface area contributed by atoms with Crippen molar-refractivity contribution in [2.24, 2.45) is 28.7 Å². The number of rotatable bonds is 28. The van der Waals surface area contributed by atoms with Crippen LogP contribution in [0.4, 0.5) is 0 Å². The van der Waals surface area contributed by atoms with Crippen molar-refractivity contribution in [2.75, 3.05) is 26.2 Å². The molecular weight excluding hydrogens is 602 g/mol. The number of unbranched alkanes of at least 4 members (excludes halogenated alkanes) is 4. The van der Waals surface area contributed by atoms with Crippen LogP contribution >= 0.6 is 0 Å². The lowest BCUT2D eigenvalue weighted by atomic mass is 10.0.